The van der Waals surface area contributed by atoms with Crippen molar-refractivity contribution in [2.45, 2.75) is 25.2 Å². The first-order valence-electron chi connectivity index (χ1n) is 9.61. The second-order valence-corrected chi connectivity index (χ2v) is 7.35. The van der Waals surface area contributed by atoms with Gasteiger partial charge in [-0.15, -0.1) is 24.0 Å². The van der Waals surface area contributed by atoms with Gasteiger partial charge in [-0.05, 0) is 18.4 Å². The van der Waals surface area contributed by atoms with Crippen molar-refractivity contribution in [2.24, 2.45) is 4.99 Å². The van der Waals surface area contributed by atoms with E-state index in [1.807, 2.05) is 11.9 Å². The van der Waals surface area contributed by atoms with Crippen molar-refractivity contribution in [3.63, 3.8) is 0 Å². The molecule has 0 atom stereocenters. The van der Waals surface area contributed by atoms with E-state index < -0.39 is 0 Å². The maximum atomic E-state index is 11.4. The fourth-order valence-corrected chi connectivity index (χ4v) is 3.60. The number of amides is 1. The number of benzene rings is 1. The number of nitrogens with zero attached hydrogens (tertiary/aromatic N) is 3. The molecule has 2 aliphatic rings. The summed E-state index contributed by atoms with van der Waals surface area (Å²) < 4.78 is 0. The van der Waals surface area contributed by atoms with Crippen LogP contribution in [0.15, 0.2) is 35.3 Å². The summed E-state index contributed by atoms with van der Waals surface area (Å²) in [6.45, 7) is 7.97. The Bertz CT molecular complexity index is 625. The van der Waals surface area contributed by atoms with Crippen molar-refractivity contribution in [1.29, 1.82) is 0 Å². The lowest BCUT2D eigenvalue weighted by atomic mass is 9.96. The minimum atomic E-state index is 0. The van der Waals surface area contributed by atoms with Crippen LogP contribution in [0.3, 0.4) is 0 Å². The number of hydrogen-bond acceptors (Lipinski definition) is 3. The highest BCUT2D eigenvalue weighted by molar-refractivity contribution is 14.0. The summed E-state index contributed by atoms with van der Waals surface area (Å²) in [7, 11) is 1.82. The quantitative estimate of drug-likeness (QED) is 0.366. The van der Waals surface area contributed by atoms with E-state index in [2.05, 4.69) is 50.9 Å². The lowest BCUT2D eigenvalue weighted by Crippen LogP contribution is -2.50. The second-order valence-electron chi connectivity index (χ2n) is 7.35. The number of rotatable bonds is 6. The van der Waals surface area contributed by atoms with Crippen molar-refractivity contribution >= 4 is 35.8 Å². The molecule has 2 fully saturated rings. The molecule has 1 saturated heterocycles. The van der Waals surface area contributed by atoms with Gasteiger partial charge in [-0.1, -0.05) is 30.3 Å². The Morgan fingerprint density at radius 3 is 2.33 bits per heavy atom. The Hall–Kier alpha value is -1.35. The Balaban J connectivity index is 0.00000261. The molecule has 0 unspecified atom stereocenters. The number of carbonyl (C=O) groups is 1. The predicted octanol–water partition coefficient (Wildman–Crippen LogP) is 1.67. The third kappa shape index (κ3) is 6.07. The van der Waals surface area contributed by atoms with Crippen molar-refractivity contribution in [3.8, 4) is 0 Å². The van der Waals surface area contributed by atoms with Crippen LogP contribution >= 0.6 is 24.0 Å². The highest BCUT2D eigenvalue weighted by atomic mass is 127. The molecule has 7 heteroatoms. The van der Waals surface area contributed by atoms with E-state index >= 15 is 0 Å². The van der Waals surface area contributed by atoms with Gasteiger partial charge in [-0.3, -0.25) is 14.7 Å². The molecule has 27 heavy (non-hydrogen) atoms. The van der Waals surface area contributed by atoms with Crippen molar-refractivity contribution in [1.82, 2.24) is 20.4 Å². The van der Waals surface area contributed by atoms with Gasteiger partial charge < -0.3 is 15.5 Å². The van der Waals surface area contributed by atoms with E-state index in [0.29, 0.717) is 0 Å². The molecule has 1 heterocycles. The van der Waals surface area contributed by atoms with Crippen LogP contribution in [-0.2, 0) is 10.2 Å². The molecule has 1 aliphatic carbocycles. The summed E-state index contributed by atoms with van der Waals surface area (Å²) in [6.07, 6.45) is 2.48. The molecule has 1 amide bonds. The second kappa shape index (κ2) is 10.3. The van der Waals surface area contributed by atoms with Gasteiger partial charge in [0.15, 0.2) is 5.96 Å². The highest BCUT2D eigenvalue weighted by Crippen LogP contribution is 2.47. The largest absolute Gasteiger partial charge is 0.356 e. The Labute approximate surface area is 179 Å². The zero-order valence-electron chi connectivity index (χ0n) is 16.4. The Morgan fingerprint density at radius 2 is 1.78 bits per heavy atom. The molecule has 1 aromatic rings. The lowest BCUT2D eigenvalue weighted by molar-refractivity contribution is -0.130. The first-order valence-corrected chi connectivity index (χ1v) is 9.61. The van der Waals surface area contributed by atoms with Crippen LogP contribution in [0.25, 0.3) is 0 Å². The zero-order valence-corrected chi connectivity index (χ0v) is 18.7. The molecule has 6 nitrogen and oxygen atoms in total. The number of hydrogen-bond donors (Lipinski definition) is 2. The molecule has 0 aromatic heterocycles. The minimum absolute atomic E-state index is 0. The number of aliphatic imine (C=N–C) groups is 1. The molecule has 1 saturated carbocycles. The summed E-state index contributed by atoms with van der Waals surface area (Å²) in [5, 5.41) is 6.92. The maximum absolute atomic E-state index is 11.4. The van der Waals surface area contributed by atoms with Gasteiger partial charge in [0.2, 0.25) is 5.91 Å². The average Bonchev–Trinajstić information content (AvgIpc) is 3.47. The maximum Gasteiger partial charge on any atom is 0.219 e. The van der Waals surface area contributed by atoms with Gasteiger partial charge in [0.25, 0.3) is 0 Å². The van der Waals surface area contributed by atoms with Crippen LogP contribution in [0, 0.1) is 0 Å². The van der Waals surface area contributed by atoms with Gasteiger partial charge in [0, 0.05) is 65.2 Å². The van der Waals surface area contributed by atoms with Gasteiger partial charge >= 0.3 is 0 Å². The monoisotopic (exact) mass is 485 g/mol. The van der Waals surface area contributed by atoms with Crippen molar-refractivity contribution in [3.05, 3.63) is 35.9 Å². The van der Waals surface area contributed by atoms with E-state index in [1.54, 1.807) is 6.92 Å². The summed E-state index contributed by atoms with van der Waals surface area (Å²) in [5.74, 6) is 1.05. The highest BCUT2D eigenvalue weighted by Gasteiger charge is 2.43. The first kappa shape index (κ1) is 21.9. The molecule has 1 aromatic carbocycles. The van der Waals surface area contributed by atoms with Crippen LogP contribution in [0.1, 0.15) is 25.3 Å². The molecule has 0 radical (unpaired) electrons. The number of carbonyl (C=O) groups excluding carboxylic acids is 1. The predicted molar refractivity (Wildman–Crippen MR) is 121 cm³/mol. The van der Waals surface area contributed by atoms with Crippen LogP contribution in [0.4, 0.5) is 0 Å². The van der Waals surface area contributed by atoms with Crippen molar-refractivity contribution < 1.29 is 4.79 Å². The van der Waals surface area contributed by atoms with E-state index in [4.69, 9.17) is 0 Å². The van der Waals surface area contributed by atoms with Crippen LogP contribution in [-0.4, -0.2) is 74.5 Å². The average molecular weight is 485 g/mol. The summed E-state index contributed by atoms with van der Waals surface area (Å²) in [4.78, 5) is 20.0. The van der Waals surface area contributed by atoms with E-state index in [-0.39, 0.29) is 35.3 Å². The molecular formula is C20H32IN5O. The first-order chi connectivity index (χ1) is 12.6. The number of piperazine rings is 1. The van der Waals surface area contributed by atoms with Gasteiger partial charge in [0.05, 0.1) is 0 Å². The molecule has 150 valence electrons. The molecular weight excluding hydrogens is 453 g/mol. The zero-order chi connectivity index (χ0) is 18.4. The SMILES string of the molecule is CN=C(NCCN1CCN(C(C)=O)CC1)NCC1(c2ccccc2)CC1.I. The Kier molecular flexibility index (Phi) is 8.34. The van der Waals surface area contributed by atoms with Crippen molar-refractivity contribution in [2.75, 3.05) is 52.9 Å². The molecule has 3 rings (SSSR count). The fraction of sp³-hybridized carbons (Fsp3) is 0.600. The third-order valence-electron chi connectivity index (χ3n) is 5.60. The summed E-state index contributed by atoms with van der Waals surface area (Å²) >= 11 is 0. The fourth-order valence-electron chi connectivity index (χ4n) is 3.60. The van der Waals surface area contributed by atoms with E-state index in [0.717, 1.165) is 51.8 Å². The number of halogens is 1. The summed E-state index contributed by atoms with van der Waals surface area (Å²) in [5.41, 5.74) is 1.70. The van der Waals surface area contributed by atoms with Gasteiger partial charge in [-0.25, -0.2) is 0 Å². The van der Waals surface area contributed by atoms with Crippen LogP contribution in [0.2, 0.25) is 0 Å². The Morgan fingerprint density at radius 1 is 1.11 bits per heavy atom. The number of guanidine groups is 1. The lowest BCUT2D eigenvalue weighted by Gasteiger charge is -2.34. The van der Waals surface area contributed by atoms with Gasteiger partial charge in [-0.2, -0.15) is 0 Å². The normalized spacial score (nSPS) is 19.2. The number of nitrogens with one attached hydrogen (secondary N) is 2. The topological polar surface area (TPSA) is 60.0 Å². The third-order valence-corrected chi connectivity index (χ3v) is 5.60. The molecule has 2 N–H and O–H groups in total. The van der Waals surface area contributed by atoms with Crippen LogP contribution < -0.4 is 10.6 Å². The molecule has 0 spiro atoms. The van der Waals surface area contributed by atoms with E-state index in [9.17, 15) is 4.79 Å². The standard InChI is InChI=1S/C20H31N5O.HI/c1-17(26)25-14-12-24(13-15-25)11-10-22-19(21-2)23-16-20(8-9-20)18-6-4-3-5-7-18;/h3-7H,8-16H2,1-2H3,(H2,21,22,23);1H. The minimum Gasteiger partial charge on any atom is -0.356 e. The van der Waals surface area contributed by atoms with Gasteiger partial charge in [0.1, 0.15) is 0 Å². The van der Waals surface area contributed by atoms with E-state index in [1.165, 1.54) is 18.4 Å². The smallest absolute Gasteiger partial charge is 0.219 e. The molecule has 1 aliphatic heterocycles. The molecule has 0 bridgehead atoms. The summed E-state index contributed by atoms with van der Waals surface area (Å²) in [6, 6.07) is 10.8. The van der Waals surface area contributed by atoms with Crippen LogP contribution in [0.5, 0.6) is 0 Å².